The van der Waals surface area contributed by atoms with Gasteiger partial charge in [-0.15, -0.1) is 10.2 Å². The van der Waals surface area contributed by atoms with E-state index in [1.807, 2.05) is 55.7 Å². The van der Waals surface area contributed by atoms with Crippen molar-refractivity contribution < 1.29 is 4.79 Å². The van der Waals surface area contributed by atoms with Gasteiger partial charge in [0.05, 0.1) is 0 Å². The fraction of sp³-hybridized carbons (Fsp3) is 0.261. The number of nitrogens with zero attached hydrogens (tertiary/aromatic N) is 5. The molecule has 158 valence electrons. The summed E-state index contributed by atoms with van der Waals surface area (Å²) in [5, 5.41) is 14.2. The summed E-state index contributed by atoms with van der Waals surface area (Å²) in [6, 6.07) is 12.0. The molecular formula is C23H25N7O. The number of allylic oxidation sites excluding steroid dienone is 1. The lowest BCUT2D eigenvalue weighted by Crippen LogP contribution is -2.20. The highest BCUT2D eigenvalue weighted by atomic mass is 16.1. The van der Waals surface area contributed by atoms with E-state index in [9.17, 15) is 4.79 Å². The molecule has 1 aliphatic rings. The third-order valence-electron chi connectivity index (χ3n) is 5.03. The molecule has 0 aliphatic heterocycles. The lowest BCUT2D eigenvalue weighted by atomic mass is 10.2. The van der Waals surface area contributed by atoms with Crippen molar-refractivity contribution in [1.82, 2.24) is 19.7 Å². The summed E-state index contributed by atoms with van der Waals surface area (Å²) in [5.74, 6) is 1.41. The third-order valence-corrected chi connectivity index (χ3v) is 5.03. The number of amides is 1. The summed E-state index contributed by atoms with van der Waals surface area (Å²) in [7, 11) is 1.83. The van der Waals surface area contributed by atoms with Crippen molar-refractivity contribution in [1.29, 1.82) is 0 Å². The number of aromatic nitrogens is 4. The van der Waals surface area contributed by atoms with Crippen LogP contribution in [0.3, 0.4) is 0 Å². The maximum atomic E-state index is 12.5. The zero-order chi connectivity index (χ0) is 21.6. The number of hydrogen-bond donors (Lipinski definition) is 2. The number of aliphatic imine (C=N–C) groups is 1. The second-order valence-electron chi connectivity index (χ2n) is 7.43. The summed E-state index contributed by atoms with van der Waals surface area (Å²) >= 11 is 0. The normalized spacial score (nSPS) is 14.1. The van der Waals surface area contributed by atoms with E-state index in [1.165, 1.54) is 0 Å². The van der Waals surface area contributed by atoms with Crippen molar-refractivity contribution in [2.24, 2.45) is 4.99 Å². The van der Waals surface area contributed by atoms with Crippen molar-refractivity contribution >= 4 is 23.1 Å². The first-order chi connectivity index (χ1) is 15.1. The molecule has 1 aliphatic carbocycles. The largest absolute Gasteiger partial charge is 0.373 e. The molecule has 3 aromatic rings. The van der Waals surface area contributed by atoms with Gasteiger partial charge in [-0.3, -0.25) is 9.79 Å². The molecule has 4 rings (SSSR count). The number of rotatable bonds is 8. The Balaban J connectivity index is 1.36. The van der Waals surface area contributed by atoms with E-state index in [4.69, 9.17) is 0 Å². The summed E-state index contributed by atoms with van der Waals surface area (Å²) < 4.78 is 2.10. The first-order valence-electron chi connectivity index (χ1n) is 10.3. The van der Waals surface area contributed by atoms with Gasteiger partial charge in [0.25, 0.3) is 5.91 Å². The van der Waals surface area contributed by atoms with Crippen LogP contribution in [0.25, 0.3) is 11.4 Å². The summed E-state index contributed by atoms with van der Waals surface area (Å²) in [5.41, 5.74) is 3.08. The van der Waals surface area contributed by atoms with E-state index in [2.05, 4.69) is 35.4 Å². The lowest BCUT2D eigenvalue weighted by molar-refractivity contribution is -0.110. The van der Waals surface area contributed by atoms with Gasteiger partial charge in [0.2, 0.25) is 0 Å². The first kappa shape index (κ1) is 20.5. The maximum absolute atomic E-state index is 12.5. The predicted molar refractivity (Wildman–Crippen MR) is 122 cm³/mol. The van der Waals surface area contributed by atoms with Crippen LogP contribution in [-0.2, 0) is 11.2 Å². The lowest BCUT2D eigenvalue weighted by Gasteiger charge is -2.08. The van der Waals surface area contributed by atoms with E-state index in [0.29, 0.717) is 23.9 Å². The summed E-state index contributed by atoms with van der Waals surface area (Å²) in [4.78, 5) is 21.0. The third kappa shape index (κ3) is 5.22. The van der Waals surface area contributed by atoms with Gasteiger partial charge in [-0.2, -0.15) is 0 Å². The Morgan fingerprint density at radius 2 is 2.16 bits per heavy atom. The van der Waals surface area contributed by atoms with E-state index in [-0.39, 0.29) is 5.91 Å². The Morgan fingerprint density at radius 3 is 2.90 bits per heavy atom. The Hall–Kier alpha value is -3.81. The van der Waals surface area contributed by atoms with Crippen LogP contribution in [-0.4, -0.2) is 38.4 Å². The Labute approximate surface area is 181 Å². The molecule has 0 saturated heterocycles. The fourth-order valence-corrected chi connectivity index (χ4v) is 3.13. The number of anilines is 2. The minimum Gasteiger partial charge on any atom is -0.373 e. The Kier molecular flexibility index (Phi) is 6.16. The molecule has 8 nitrogen and oxygen atoms in total. The molecule has 2 heterocycles. The van der Waals surface area contributed by atoms with Gasteiger partial charge < -0.3 is 15.2 Å². The number of pyridine rings is 1. The Morgan fingerprint density at radius 1 is 1.29 bits per heavy atom. The van der Waals surface area contributed by atoms with E-state index < -0.39 is 0 Å². The van der Waals surface area contributed by atoms with E-state index in [1.54, 1.807) is 19.5 Å². The maximum Gasteiger partial charge on any atom is 0.269 e. The van der Waals surface area contributed by atoms with Gasteiger partial charge in [-0.25, -0.2) is 4.98 Å². The standard InChI is InChI=1S/C23H25N7O/c1-16(25-12-4-5-17-8-11-21(24-2)26-14-17)23(31)28-19-7-3-6-18(13-19)22-29-27-15-30(22)20-9-10-20/h3-4,6-8,11-15,20H,5,9-10H2,1-2H3,(H,24,26)(H,28,31)/b12-4-,25-16?. The molecule has 1 saturated carbocycles. The van der Waals surface area contributed by atoms with Crippen LogP contribution in [0.15, 0.2) is 66.2 Å². The summed E-state index contributed by atoms with van der Waals surface area (Å²) in [6.07, 6.45) is 10.1. The van der Waals surface area contributed by atoms with Gasteiger partial charge in [0.1, 0.15) is 17.9 Å². The quantitative estimate of drug-likeness (QED) is 0.544. The average molecular weight is 416 g/mol. The molecule has 2 N–H and O–H groups in total. The minimum atomic E-state index is -0.245. The number of hydrogen-bond acceptors (Lipinski definition) is 6. The summed E-state index contributed by atoms with van der Waals surface area (Å²) in [6.45, 7) is 1.69. The second-order valence-corrected chi connectivity index (χ2v) is 7.43. The van der Waals surface area contributed by atoms with Crippen LogP contribution in [0.1, 0.15) is 31.4 Å². The van der Waals surface area contributed by atoms with E-state index in [0.717, 1.165) is 35.6 Å². The van der Waals surface area contributed by atoms with Crippen molar-refractivity contribution in [3.63, 3.8) is 0 Å². The fourth-order valence-electron chi connectivity index (χ4n) is 3.13. The molecule has 2 aromatic heterocycles. The van der Waals surface area contributed by atoms with Gasteiger partial charge in [0, 0.05) is 36.7 Å². The molecule has 1 fully saturated rings. The molecule has 0 atom stereocenters. The van der Waals surface area contributed by atoms with Crippen LogP contribution in [0.5, 0.6) is 0 Å². The van der Waals surface area contributed by atoms with Crippen molar-refractivity contribution in [3.8, 4) is 11.4 Å². The van der Waals surface area contributed by atoms with Crippen LogP contribution in [0.2, 0.25) is 0 Å². The van der Waals surface area contributed by atoms with E-state index >= 15 is 0 Å². The number of nitrogens with one attached hydrogen (secondary N) is 2. The molecule has 1 amide bonds. The SMILES string of the molecule is CNc1ccc(C/C=C\N=C(C)C(=O)Nc2cccc(-c3nncn3C3CC3)c2)cn1. The Bertz CT molecular complexity index is 1110. The highest BCUT2D eigenvalue weighted by Gasteiger charge is 2.26. The van der Waals surface area contributed by atoms with Gasteiger partial charge >= 0.3 is 0 Å². The molecule has 1 aromatic carbocycles. The van der Waals surface area contributed by atoms with Crippen LogP contribution in [0.4, 0.5) is 11.5 Å². The monoisotopic (exact) mass is 415 g/mol. The van der Waals surface area contributed by atoms with Gasteiger partial charge in [-0.05, 0) is 49.9 Å². The predicted octanol–water partition coefficient (Wildman–Crippen LogP) is 3.87. The molecular weight excluding hydrogens is 390 g/mol. The van der Waals surface area contributed by atoms with Crippen LogP contribution >= 0.6 is 0 Å². The highest BCUT2D eigenvalue weighted by Crippen LogP contribution is 2.37. The molecule has 0 spiro atoms. The first-order valence-corrected chi connectivity index (χ1v) is 10.3. The number of carbonyl (C=O) groups excluding carboxylic acids is 1. The number of carbonyl (C=O) groups is 1. The zero-order valence-corrected chi connectivity index (χ0v) is 17.6. The van der Waals surface area contributed by atoms with Crippen molar-refractivity contribution in [2.45, 2.75) is 32.2 Å². The highest BCUT2D eigenvalue weighted by molar-refractivity contribution is 6.42. The molecule has 0 radical (unpaired) electrons. The smallest absolute Gasteiger partial charge is 0.269 e. The van der Waals surface area contributed by atoms with Crippen molar-refractivity contribution in [2.75, 3.05) is 17.7 Å². The van der Waals surface area contributed by atoms with Crippen LogP contribution < -0.4 is 10.6 Å². The number of benzene rings is 1. The molecule has 0 bridgehead atoms. The second kappa shape index (κ2) is 9.34. The van der Waals surface area contributed by atoms with Crippen molar-refractivity contribution in [3.05, 3.63) is 66.8 Å². The average Bonchev–Trinajstić information content (AvgIpc) is 3.53. The zero-order valence-electron chi connectivity index (χ0n) is 17.6. The molecule has 31 heavy (non-hydrogen) atoms. The topological polar surface area (TPSA) is 97.1 Å². The van der Waals surface area contributed by atoms with Gasteiger partial charge in [0.15, 0.2) is 5.82 Å². The van der Waals surface area contributed by atoms with Gasteiger partial charge in [-0.1, -0.05) is 24.3 Å². The minimum absolute atomic E-state index is 0.245. The molecule has 8 heteroatoms. The molecule has 0 unspecified atom stereocenters. The van der Waals surface area contributed by atoms with Crippen LogP contribution in [0, 0.1) is 0 Å².